The average molecular weight is 310 g/mol. The molecule has 0 aromatic heterocycles. The van der Waals surface area contributed by atoms with Gasteiger partial charge < -0.3 is 0 Å². The third-order valence-electron chi connectivity index (χ3n) is 3.61. The van der Waals surface area contributed by atoms with Crippen LogP contribution in [0, 0.1) is 0 Å². The summed E-state index contributed by atoms with van der Waals surface area (Å²) in [4.78, 5) is 18.5. The van der Waals surface area contributed by atoms with Crippen LogP contribution in [0.3, 0.4) is 0 Å². The van der Waals surface area contributed by atoms with Crippen molar-refractivity contribution in [1.29, 1.82) is 0 Å². The monoisotopic (exact) mass is 310 g/mol. The van der Waals surface area contributed by atoms with Gasteiger partial charge in [0.05, 0.1) is 18.0 Å². The van der Waals surface area contributed by atoms with E-state index in [0.717, 1.165) is 22.8 Å². The number of hydrogen-bond donors (Lipinski definition) is 0. The third-order valence-corrected chi connectivity index (χ3v) is 4.57. The molecule has 0 N–H and O–H groups in total. The number of hydrogen-bond acceptors (Lipinski definition) is 3. The maximum Gasteiger partial charge on any atom is 0.239 e. The summed E-state index contributed by atoms with van der Waals surface area (Å²) in [7, 11) is 0. The molecule has 1 amide bonds. The van der Waals surface area contributed by atoms with Crippen LogP contribution in [0.15, 0.2) is 59.6 Å². The highest BCUT2D eigenvalue weighted by Crippen LogP contribution is 2.25. The maximum absolute atomic E-state index is 12.1. The van der Waals surface area contributed by atoms with Gasteiger partial charge in [0.2, 0.25) is 5.91 Å². The van der Waals surface area contributed by atoms with Gasteiger partial charge in [-0.1, -0.05) is 61.2 Å². The molecule has 1 fully saturated rings. The van der Waals surface area contributed by atoms with Crippen LogP contribution in [0.5, 0.6) is 0 Å². The predicted molar refractivity (Wildman–Crippen MR) is 92.4 cm³/mol. The molecule has 1 saturated heterocycles. The Bertz CT molecular complexity index is 680. The summed E-state index contributed by atoms with van der Waals surface area (Å²) in [5, 5.41) is 0.790. The third kappa shape index (κ3) is 3.39. The summed E-state index contributed by atoms with van der Waals surface area (Å²) in [6.07, 6.45) is 1.02. The Morgan fingerprint density at radius 2 is 1.77 bits per heavy atom. The minimum absolute atomic E-state index is 0.123. The first-order chi connectivity index (χ1) is 10.8. The molecule has 0 unspecified atom stereocenters. The van der Waals surface area contributed by atoms with Gasteiger partial charge in [0.15, 0.2) is 5.17 Å². The first kappa shape index (κ1) is 14.9. The van der Waals surface area contributed by atoms with Gasteiger partial charge in [0.25, 0.3) is 0 Å². The van der Waals surface area contributed by atoms with Gasteiger partial charge in [-0.2, -0.15) is 0 Å². The Balaban J connectivity index is 1.81. The minimum atomic E-state index is 0.123. The molecule has 0 atom stereocenters. The number of carbonyl (C=O) groups is 1. The van der Waals surface area contributed by atoms with Crippen LogP contribution < -0.4 is 0 Å². The minimum Gasteiger partial charge on any atom is -0.286 e. The van der Waals surface area contributed by atoms with E-state index in [1.807, 2.05) is 42.5 Å². The summed E-state index contributed by atoms with van der Waals surface area (Å²) in [5.74, 6) is 0.594. The molecule has 3 rings (SSSR count). The van der Waals surface area contributed by atoms with Crippen LogP contribution in [-0.4, -0.2) is 21.7 Å². The maximum atomic E-state index is 12.1. The number of benzene rings is 2. The van der Waals surface area contributed by atoms with Crippen LogP contribution in [0.4, 0.5) is 5.69 Å². The van der Waals surface area contributed by atoms with E-state index in [4.69, 9.17) is 0 Å². The molecule has 1 heterocycles. The van der Waals surface area contributed by atoms with E-state index in [1.165, 1.54) is 17.3 Å². The second kappa shape index (κ2) is 6.79. The van der Waals surface area contributed by atoms with E-state index in [1.54, 1.807) is 4.90 Å². The lowest BCUT2D eigenvalue weighted by molar-refractivity contribution is -0.124. The number of nitrogens with zero attached hydrogens (tertiary/aromatic N) is 2. The first-order valence-electron chi connectivity index (χ1n) is 7.41. The van der Waals surface area contributed by atoms with Crippen molar-refractivity contribution in [2.24, 2.45) is 4.99 Å². The van der Waals surface area contributed by atoms with Crippen molar-refractivity contribution in [1.82, 2.24) is 4.90 Å². The van der Waals surface area contributed by atoms with Crippen molar-refractivity contribution < 1.29 is 4.79 Å². The Hall–Kier alpha value is -2.07. The summed E-state index contributed by atoms with van der Waals surface area (Å²) in [6.45, 7) is 2.71. The molecule has 0 saturated carbocycles. The second-order valence-corrected chi connectivity index (χ2v) is 6.11. The highest BCUT2D eigenvalue weighted by Gasteiger charge is 2.28. The van der Waals surface area contributed by atoms with E-state index in [0.29, 0.717) is 12.3 Å². The zero-order valence-corrected chi connectivity index (χ0v) is 13.3. The Morgan fingerprint density at radius 3 is 2.45 bits per heavy atom. The van der Waals surface area contributed by atoms with E-state index in [-0.39, 0.29) is 5.91 Å². The summed E-state index contributed by atoms with van der Waals surface area (Å²) in [6, 6.07) is 18.2. The van der Waals surface area contributed by atoms with Gasteiger partial charge in [0, 0.05) is 0 Å². The molecule has 2 aromatic carbocycles. The zero-order valence-electron chi connectivity index (χ0n) is 12.5. The summed E-state index contributed by atoms with van der Waals surface area (Å²) >= 11 is 1.51. The van der Waals surface area contributed by atoms with E-state index < -0.39 is 0 Å². The van der Waals surface area contributed by atoms with Crippen molar-refractivity contribution >= 4 is 28.5 Å². The van der Waals surface area contributed by atoms with Crippen molar-refractivity contribution in [3.63, 3.8) is 0 Å². The van der Waals surface area contributed by atoms with E-state index in [9.17, 15) is 4.79 Å². The number of aryl methyl sites for hydroxylation is 1. The molecule has 0 bridgehead atoms. The normalized spacial score (nSPS) is 16.5. The van der Waals surface area contributed by atoms with Crippen molar-refractivity contribution in [3.05, 3.63) is 65.7 Å². The molecule has 22 heavy (non-hydrogen) atoms. The van der Waals surface area contributed by atoms with Crippen molar-refractivity contribution in [2.45, 2.75) is 19.9 Å². The molecular formula is C18H18N2OS. The summed E-state index contributed by atoms with van der Waals surface area (Å²) in [5.41, 5.74) is 3.31. The number of aliphatic imine (C=N–C) groups is 1. The number of carbonyl (C=O) groups excluding carboxylic acids is 1. The number of rotatable bonds is 4. The second-order valence-electron chi connectivity index (χ2n) is 5.17. The molecule has 0 radical (unpaired) electrons. The Morgan fingerprint density at radius 1 is 1.05 bits per heavy atom. The number of amides is 1. The van der Waals surface area contributed by atoms with E-state index in [2.05, 4.69) is 24.0 Å². The van der Waals surface area contributed by atoms with Gasteiger partial charge in [0.1, 0.15) is 0 Å². The molecule has 1 aliphatic heterocycles. The average Bonchev–Trinajstić information content (AvgIpc) is 2.90. The highest BCUT2D eigenvalue weighted by molar-refractivity contribution is 8.15. The fourth-order valence-corrected chi connectivity index (χ4v) is 3.22. The Kier molecular flexibility index (Phi) is 4.59. The predicted octanol–water partition coefficient (Wildman–Crippen LogP) is 4.01. The SMILES string of the molecule is CCc1ccc(N=C2SCC(=O)N2Cc2ccccc2)cc1. The van der Waals surface area contributed by atoms with E-state index >= 15 is 0 Å². The lowest BCUT2D eigenvalue weighted by atomic mass is 10.2. The lowest BCUT2D eigenvalue weighted by Gasteiger charge is -2.16. The van der Waals surface area contributed by atoms with Gasteiger partial charge in [-0.05, 0) is 29.7 Å². The van der Waals surface area contributed by atoms with Crippen LogP contribution in [-0.2, 0) is 17.8 Å². The molecule has 2 aromatic rings. The van der Waals surface area contributed by atoms with Crippen molar-refractivity contribution in [3.8, 4) is 0 Å². The smallest absolute Gasteiger partial charge is 0.239 e. The van der Waals surface area contributed by atoms with Gasteiger partial charge >= 0.3 is 0 Å². The van der Waals surface area contributed by atoms with Crippen LogP contribution in [0.1, 0.15) is 18.1 Å². The lowest BCUT2D eigenvalue weighted by Crippen LogP contribution is -2.28. The fraction of sp³-hybridized carbons (Fsp3) is 0.222. The zero-order chi connectivity index (χ0) is 15.4. The molecular weight excluding hydrogens is 292 g/mol. The first-order valence-corrected chi connectivity index (χ1v) is 8.39. The Labute approximate surface area is 135 Å². The quantitative estimate of drug-likeness (QED) is 0.854. The largest absolute Gasteiger partial charge is 0.286 e. The molecule has 4 heteroatoms. The van der Waals surface area contributed by atoms with Crippen LogP contribution in [0.25, 0.3) is 0 Å². The number of thioether (sulfide) groups is 1. The molecule has 1 aliphatic rings. The van der Waals surface area contributed by atoms with Gasteiger partial charge in [-0.3, -0.25) is 9.69 Å². The van der Waals surface area contributed by atoms with Crippen molar-refractivity contribution in [2.75, 3.05) is 5.75 Å². The van der Waals surface area contributed by atoms with Crippen LogP contribution in [0.2, 0.25) is 0 Å². The molecule has 112 valence electrons. The van der Waals surface area contributed by atoms with Gasteiger partial charge in [-0.15, -0.1) is 0 Å². The standard InChI is InChI=1S/C18H18N2OS/c1-2-14-8-10-16(11-9-14)19-18-20(17(21)13-22-18)12-15-6-4-3-5-7-15/h3-11H,2,12-13H2,1H3. The topological polar surface area (TPSA) is 32.7 Å². The highest BCUT2D eigenvalue weighted by atomic mass is 32.2. The summed E-state index contributed by atoms with van der Waals surface area (Å²) < 4.78 is 0. The molecule has 0 spiro atoms. The fourth-order valence-electron chi connectivity index (χ4n) is 2.32. The van der Waals surface area contributed by atoms with Crippen LogP contribution >= 0.6 is 11.8 Å². The number of amidine groups is 1. The molecule has 0 aliphatic carbocycles. The molecule has 3 nitrogen and oxygen atoms in total. The van der Waals surface area contributed by atoms with Gasteiger partial charge in [-0.25, -0.2) is 4.99 Å².